The van der Waals surface area contributed by atoms with E-state index in [1.54, 1.807) is 6.20 Å². The summed E-state index contributed by atoms with van der Waals surface area (Å²) in [4.78, 5) is 6.78. The number of nitrogens with zero attached hydrogens (tertiary/aromatic N) is 2. The Hall–Kier alpha value is -2.10. The van der Waals surface area contributed by atoms with Crippen LogP contribution < -0.4 is 10.6 Å². The first-order valence-corrected chi connectivity index (χ1v) is 7.05. The Morgan fingerprint density at radius 1 is 1.25 bits per heavy atom. The molecule has 2 unspecified atom stereocenters. The van der Waals surface area contributed by atoms with E-state index in [9.17, 15) is 0 Å². The lowest BCUT2D eigenvalue weighted by molar-refractivity contribution is 0.494. The van der Waals surface area contributed by atoms with Crippen molar-refractivity contribution in [2.24, 2.45) is 17.6 Å². The van der Waals surface area contributed by atoms with Gasteiger partial charge in [0.25, 0.3) is 0 Å². The van der Waals surface area contributed by atoms with Gasteiger partial charge in [-0.15, -0.1) is 0 Å². The number of amidine groups is 1. The summed E-state index contributed by atoms with van der Waals surface area (Å²) in [5.74, 6) is 1.40. The summed E-state index contributed by atoms with van der Waals surface area (Å²) >= 11 is 0. The molecule has 2 atom stereocenters. The van der Waals surface area contributed by atoms with E-state index < -0.39 is 0 Å². The van der Waals surface area contributed by atoms with E-state index in [1.807, 2.05) is 18.2 Å². The van der Waals surface area contributed by atoms with Gasteiger partial charge in [-0.3, -0.25) is 10.4 Å². The maximum absolute atomic E-state index is 7.83. The van der Waals surface area contributed by atoms with Crippen molar-refractivity contribution in [1.82, 2.24) is 4.98 Å². The SMILES string of the molecule is CC1CN(c2c(C(=N)N)cnc3ccccc23)CC1C. The highest BCUT2D eigenvalue weighted by Gasteiger charge is 2.29. The lowest BCUT2D eigenvalue weighted by Gasteiger charge is -2.23. The summed E-state index contributed by atoms with van der Waals surface area (Å²) in [6.45, 7) is 6.58. The third kappa shape index (κ3) is 2.01. The van der Waals surface area contributed by atoms with Crippen LogP contribution in [0.25, 0.3) is 10.9 Å². The van der Waals surface area contributed by atoms with Crippen LogP contribution in [-0.4, -0.2) is 23.9 Å². The molecule has 20 heavy (non-hydrogen) atoms. The van der Waals surface area contributed by atoms with Gasteiger partial charge >= 0.3 is 0 Å². The summed E-state index contributed by atoms with van der Waals surface area (Å²) in [5.41, 5.74) is 8.53. The molecule has 104 valence electrons. The molecule has 0 spiro atoms. The predicted octanol–water partition coefficient (Wildman–Crippen LogP) is 2.61. The number of nitrogens with one attached hydrogen (secondary N) is 1. The number of aromatic nitrogens is 1. The molecule has 2 aromatic rings. The summed E-state index contributed by atoms with van der Waals surface area (Å²) in [5, 5.41) is 8.91. The number of nitrogen functional groups attached to an aromatic ring is 1. The number of nitrogens with two attached hydrogens (primary N) is 1. The van der Waals surface area contributed by atoms with Crippen molar-refractivity contribution in [3.05, 3.63) is 36.0 Å². The lowest BCUT2D eigenvalue weighted by atomic mass is 10.0. The standard InChI is InChI=1S/C16H20N4/c1-10-8-20(9-11(10)2)15-12-5-3-4-6-14(12)19-7-13(15)16(17)18/h3-7,10-11H,8-9H2,1-2H3,(H3,17,18). The molecule has 0 saturated carbocycles. The van der Waals surface area contributed by atoms with Crippen LogP contribution in [0.4, 0.5) is 5.69 Å². The Morgan fingerprint density at radius 3 is 2.55 bits per heavy atom. The van der Waals surface area contributed by atoms with Crippen LogP contribution in [0, 0.1) is 17.2 Å². The number of para-hydroxylation sites is 1. The first kappa shape index (κ1) is 12.9. The molecule has 3 rings (SSSR count). The second-order valence-electron chi connectivity index (χ2n) is 5.81. The van der Waals surface area contributed by atoms with Gasteiger partial charge in [-0.2, -0.15) is 0 Å². The zero-order valence-corrected chi connectivity index (χ0v) is 11.9. The van der Waals surface area contributed by atoms with E-state index in [-0.39, 0.29) is 5.84 Å². The predicted molar refractivity (Wildman–Crippen MR) is 83.3 cm³/mol. The van der Waals surface area contributed by atoms with Gasteiger partial charge < -0.3 is 10.6 Å². The summed E-state index contributed by atoms with van der Waals surface area (Å²) in [7, 11) is 0. The van der Waals surface area contributed by atoms with Crippen molar-refractivity contribution >= 4 is 22.4 Å². The van der Waals surface area contributed by atoms with E-state index in [1.165, 1.54) is 0 Å². The summed E-state index contributed by atoms with van der Waals surface area (Å²) in [6.07, 6.45) is 1.73. The number of anilines is 1. The molecule has 0 amide bonds. The average molecular weight is 268 g/mol. The molecule has 1 aliphatic rings. The highest BCUT2D eigenvalue weighted by Crippen LogP contribution is 2.34. The molecule has 4 heteroatoms. The minimum absolute atomic E-state index is 0.0884. The van der Waals surface area contributed by atoms with Crippen molar-refractivity contribution < 1.29 is 0 Å². The minimum atomic E-state index is 0.0884. The zero-order valence-electron chi connectivity index (χ0n) is 11.9. The lowest BCUT2D eigenvalue weighted by Crippen LogP contribution is -2.25. The maximum atomic E-state index is 7.83. The molecule has 0 aliphatic carbocycles. The van der Waals surface area contributed by atoms with E-state index in [2.05, 4.69) is 29.8 Å². The number of hydrogen-bond acceptors (Lipinski definition) is 3. The minimum Gasteiger partial charge on any atom is -0.384 e. The van der Waals surface area contributed by atoms with Gasteiger partial charge in [0.15, 0.2) is 0 Å². The van der Waals surface area contributed by atoms with E-state index in [0.717, 1.165) is 35.2 Å². The maximum Gasteiger partial charge on any atom is 0.126 e. The molecule has 4 nitrogen and oxygen atoms in total. The van der Waals surface area contributed by atoms with Crippen LogP contribution in [0.5, 0.6) is 0 Å². The Labute approximate surface area is 119 Å². The monoisotopic (exact) mass is 268 g/mol. The number of rotatable bonds is 2. The largest absolute Gasteiger partial charge is 0.384 e. The zero-order chi connectivity index (χ0) is 14.3. The van der Waals surface area contributed by atoms with Crippen molar-refractivity contribution in [3.8, 4) is 0 Å². The topological polar surface area (TPSA) is 66.0 Å². The molecule has 0 bridgehead atoms. The van der Waals surface area contributed by atoms with Crippen LogP contribution in [0.2, 0.25) is 0 Å². The molecule has 1 aromatic carbocycles. The molecule has 1 aromatic heterocycles. The Balaban J connectivity index is 2.20. The third-order valence-corrected chi connectivity index (χ3v) is 4.34. The fraction of sp³-hybridized carbons (Fsp3) is 0.375. The van der Waals surface area contributed by atoms with Crippen LogP contribution in [0.3, 0.4) is 0 Å². The van der Waals surface area contributed by atoms with Gasteiger partial charge in [-0.05, 0) is 17.9 Å². The Morgan fingerprint density at radius 2 is 1.90 bits per heavy atom. The Bertz CT molecular complexity index is 655. The molecule has 1 aliphatic heterocycles. The van der Waals surface area contributed by atoms with Crippen LogP contribution in [-0.2, 0) is 0 Å². The molecule has 1 saturated heterocycles. The van der Waals surface area contributed by atoms with Gasteiger partial charge in [0.1, 0.15) is 5.84 Å². The second kappa shape index (κ2) is 4.78. The van der Waals surface area contributed by atoms with Crippen molar-refractivity contribution in [3.63, 3.8) is 0 Å². The molecule has 0 radical (unpaired) electrons. The normalized spacial score (nSPS) is 22.4. The van der Waals surface area contributed by atoms with Gasteiger partial charge in [-0.1, -0.05) is 32.0 Å². The number of pyridine rings is 1. The van der Waals surface area contributed by atoms with E-state index in [0.29, 0.717) is 11.8 Å². The first-order valence-electron chi connectivity index (χ1n) is 7.05. The number of benzene rings is 1. The molecule has 3 N–H and O–H groups in total. The van der Waals surface area contributed by atoms with Gasteiger partial charge in [0.2, 0.25) is 0 Å². The van der Waals surface area contributed by atoms with Crippen LogP contribution in [0.1, 0.15) is 19.4 Å². The molecule has 1 fully saturated rings. The van der Waals surface area contributed by atoms with E-state index in [4.69, 9.17) is 11.1 Å². The summed E-state index contributed by atoms with van der Waals surface area (Å²) in [6, 6.07) is 8.07. The second-order valence-corrected chi connectivity index (χ2v) is 5.81. The fourth-order valence-corrected chi connectivity index (χ4v) is 2.98. The fourth-order valence-electron chi connectivity index (χ4n) is 2.98. The average Bonchev–Trinajstić information content (AvgIpc) is 2.77. The first-order chi connectivity index (χ1) is 9.58. The molecular formula is C16H20N4. The van der Waals surface area contributed by atoms with Gasteiger partial charge in [-0.25, -0.2) is 0 Å². The molecule has 2 heterocycles. The van der Waals surface area contributed by atoms with Gasteiger partial charge in [0, 0.05) is 24.7 Å². The van der Waals surface area contributed by atoms with Gasteiger partial charge in [0.05, 0.1) is 16.8 Å². The quantitative estimate of drug-likeness (QED) is 0.650. The van der Waals surface area contributed by atoms with Crippen molar-refractivity contribution in [2.75, 3.05) is 18.0 Å². The van der Waals surface area contributed by atoms with Crippen molar-refractivity contribution in [2.45, 2.75) is 13.8 Å². The highest BCUT2D eigenvalue weighted by atomic mass is 15.2. The highest BCUT2D eigenvalue weighted by molar-refractivity contribution is 6.07. The van der Waals surface area contributed by atoms with Crippen LogP contribution >= 0.6 is 0 Å². The summed E-state index contributed by atoms with van der Waals surface area (Å²) < 4.78 is 0. The number of hydrogen-bond donors (Lipinski definition) is 2. The number of fused-ring (bicyclic) bond motifs is 1. The van der Waals surface area contributed by atoms with E-state index >= 15 is 0 Å². The van der Waals surface area contributed by atoms with Crippen LogP contribution in [0.15, 0.2) is 30.5 Å². The Kier molecular flexibility index (Phi) is 3.08. The molecular weight excluding hydrogens is 248 g/mol. The third-order valence-electron chi connectivity index (χ3n) is 4.34. The van der Waals surface area contributed by atoms with Crippen molar-refractivity contribution in [1.29, 1.82) is 5.41 Å². The smallest absolute Gasteiger partial charge is 0.126 e.